The summed E-state index contributed by atoms with van der Waals surface area (Å²) in [6.07, 6.45) is -0.817. The molecule has 3 N–H and O–H groups in total. The van der Waals surface area contributed by atoms with E-state index in [9.17, 15) is 13.6 Å². The Kier molecular flexibility index (Phi) is 6.01. The fourth-order valence-electron chi connectivity index (χ4n) is 1.48. The van der Waals surface area contributed by atoms with E-state index in [0.29, 0.717) is 6.54 Å². The highest BCUT2D eigenvalue weighted by molar-refractivity contribution is 5.64. The zero-order valence-corrected chi connectivity index (χ0v) is 10.4. The van der Waals surface area contributed by atoms with Crippen LogP contribution in [0, 0.1) is 0 Å². The van der Waals surface area contributed by atoms with Gasteiger partial charge in [0.1, 0.15) is 12.4 Å². The van der Waals surface area contributed by atoms with Crippen molar-refractivity contribution in [2.75, 3.05) is 13.2 Å². The number of alkyl halides is 2. The quantitative estimate of drug-likeness (QED) is 0.746. The van der Waals surface area contributed by atoms with Crippen LogP contribution in [0.3, 0.4) is 0 Å². The zero-order valence-electron chi connectivity index (χ0n) is 10.4. The number of benzene rings is 1. The van der Waals surface area contributed by atoms with E-state index >= 15 is 0 Å². The van der Waals surface area contributed by atoms with Crippen molar-refractivity contribution >= 4 is 6.09 Å². The number of hydrogen-bond acceptors (Lipinski definition) is 4. The van der Waals surface area contributed by atoms with Crippen LogP contribution >= 0.6 is 0 Å². The second-order valence-corrected chi connectivity index (χ2v) is 3.79. The van der Waals surface area contributed by atoms with Gasteiger partial charge in [0.2, 0.25) is 0 Å². The summed E-state index contributed by atoms with van der Waals surface area (Å²) >= 11 is 0. The maximum absolute atomic E-state index is 12.0. The van der Waals surface area contributed by atoms with Crippen LogP contribution in [0.15, 0.2) is 24.3 Å². The fraction of sp³-hybridized carbons (Fsp3) is 0.417. The molecule has 0 saturated carbocycles. The lowest BCUT2D eigenvalue weighted by atomic mass is 10.1. The van der Waals surface area contributed by atoms with E-state index in [2.05, 4.69) is 14.8 Å². The fourth-order valence-corrected chi connectivity index (χ4v) is 1.48. The Morgan fingerprint density at radius 3 is 2.53 bits per heavy atom. The molecule has 1 amide bonds. The summed E-state index contributed by atoms with van der Waals surface area (Å²) in [5.41, 5.74) is 5.72. The van der Waals surface area contributed by atoms with Gasteiger partial charge in [-0.1, -0.05) is 12.1 Å². The van der Waals surface area contributed by atoms with Gasteiger partial charge in [0.05, 0.1) is 0 Å². The van der Waals surface area contributed by atoms with Crippen molar-refractivity contribution in [2.45, 2.75) is 19.6 Å². The Labute approximate surface area is 109 Å². The monoisotopic (exact) mass is 274 g/mol. The molecule has 1 atom stereocenters. The number of carbonyl (C=O) groups is 1. The van der Waals surface area contributed by atoms with Gasteiger partial charge in [-0.25, -0.2) is 4.79 Å². The summed E-state index contributed by atoms with van der Waals surface area (Å²) in [6, 6.07) is 6.30. The summed E-state index contributed by atoms with van der Waals surface area (Å²) in [4.78, 5) is 10.3. The topological polar surface area (TPSA) is 73.6 Å². The third kappa shape index (κ3) is 6.01. The zero-order chi connectivity index (χ0) is 14.3. The van der Waals surface area contributed by atoms with Crippen molar-refractivity contribution in [3.63, 3.8) is 0 Å². The van der Waals surface area contributed by atoms with Crippen molar-refractivity contribution in [1.29, 1.82) is 0 Å². The van der Waals surface area contributed by atoms with Crippen LogP contribution in [-0.2, 0) is 4.74 Å². The first-order chi connectivity index (χ1) is 8.99. The Morgan fingerprint density at radius 1 is 1.37 bits per heavy atom. The molecule has 7 heteroatoms. The smallest absolute Gasteiger partial charge is 0.404 e. The van der Waals surface area contributed by atoms with Crippen LogP contribution in [0.5, 0.6) is 5.75 Å². The Hall–Kier alpha value is -1.89. The number of nitrogens with two attached hydrogens (primary N) is 1. The highest BCUT2D eigenvalue weighted by Crippen LogP contribution is 2.18. The molecule has 0 bridgehead atoms. The molecule has 0 heterocycles. The van der Waals surface area contributed by atoms with Crippen LogP contribution < -0.4 is 15.8 Å². The normalized spacial score (nSPS) is 12.2. The average Bonchev–Trinajstić information content (AvgIpc) is 2.34. The summed E-state index contributed by atoms with van der Waals surface area (Å²) in [6.45, 7) is -0.314. The molecule has 0 aliphatic rings. The molecule has 1 aromatic rings. The lowest BCUT2D eigenvalue weighted by molar-refractivity contribution is -0.0498. The van der Waals surface area contributed by atoms with E-state index in [1.807, 2.05) is 6.92 Å². The lowest BCUT2D eigenvalue weighted by Crippen LogP contribution is -2.25. The molecule has 0 fully saturated rings. The molecule has 1 rings (SSSR count). The number of nitrogens with one attached hydrogen (secondary N) is 1. The maximum Gasteiger partial charge on any atom is 0.404 e. The minimum Gasteiger partial charge on any atom is -0.448 e. The van der Waals surface area contributed by atoms with Crippen LogP contribution in [0.2, 0.25) is 0 Å². The standard InChI is InChI=1S/C12H16F2N2O3/c1-8(16-6-7-18-12(15)17)9-2-4-10(5-3-9)19-11(13)14/h2-5,8,11,16H,6-7H2,1H3,(H2,15,17). The molecule has 0 aromatic heterocycles. The van der Waals surface area contributed by atoms with Crippen molar-refractivity contribution in [3.05, 3.63) is 29.8 Å². The number of hydrogen-bond donors (Lipinski definition) is 2. The minimum atomic E-state index is -2.83. The Morgan fingerprint density at radius 2 is 2.00 bits per heavy atom. The molecular formula is C12H16F2N2O3. The second kappa shape index (κ2) is 7.52. The molecule has 1 unspecified atom stereocenters. The summed E-state index contributed by atoms with van der Waals surface area (Å²) < 4.78 is 32.7. The lowest BCUT2D eigenvalue weighted by Gasteiger charge is -2.14. The van der Waals surface area contributed by atoms with E-state index in [-0.39, 0.29) is 18.4 Å². The molecule has 19 heavy (non-hydrogen) atoms. The summed E-state index contributed by atoms with van der Waals surface area (Å²) in [5, 5.41) is 3.09. The molecule has 0 radical (unpaired) electrons. The van der Waals surface area contributed by atoms with Crippen LogP contribution in [0.4, 0.5) is 13.6 Å². The Balaban J connectivity index is 2.39. The largest absolute Gasteiger partial charge is 0.448 e. The van der Waals surface area contributed by atoms with Gasteiger partial charge < -0.3 is 20.5 Å². The molecule has 0 aliphatic carbocycles. The van der Waals surface area contributed by atoms with Crippen molar-refractivity contribution in [1.82, 2.24) is 5.32 Å². The number of carbonyl (C=O) groups excluding carboxylic acids is 1. The van der Waals surface area contributed by atoms with Gasteiger partial charge in [0.25, 0.3) is 0 Å². The van der Waals surface area contributed by atoms with Crippen LogP contribution in [0.1, 0.15) is 18.5 Å². The predicted molar refractivity (Wildman–Crippen MR) is 65.0 cm³/mol. The van der Waals surface area contributed by atoms with E-state index in [4.69, 9.17) is 5.73 Å². The number of primary amides is 1. The van der Waals surface area contributed by atoms with Gasteiger partial charge in [-0.2, -0.15) is 8.78 Å². The SMILES string of the molecule is CC(NCCOC(N)=O)c1ccc(OC(F)F)cc1. The highest BCUT2D eigenvalue weighted by atomic mass is 19.3. The first-order valence-corrected chi connectivity index (χ1v) is 5.69. The van der Waals surface area contributed by atoms with Gasteiger partial charge in [0.15, 0.2) is 0 Å². The van der Waals surface area contributed by atoms with Gasteiger partial charge in [-0.15, -0.1) is 0 Å². The molecule has 5 nitrogen and oxygen atoms in total. The van der Waals surface area contributed by atoms with Gasteiger partial charge >= 0.3 is 12.7 Å². The third-order valence-corrected chi connectivity index (χ3v) is 2.40. The maximum atomic E-state index is 12.0. The van der Waals surface area contributed by atoms with E-state index in [1.54, 1.807) is 12.1 Å². The highest BCUT2D eigenvalue weighted by Gasteiger charge is 2.07. The van der Waals surface area contributed by atoms with Gasteiger partial charge in [-0.3, -0.25) is 0 Å². The third-order valence-electron chi connectivity index (χ3n) is 2.40. The first-order valence-electron chi connectivity index (χ1n) is 5.69. The van der Waals surface area contributed by atoms with Gasteiger partial charge in [-0.05, 0) is 24.6 Å². The van der Waals surface area contributed by atoms with Crippen molar-refractivity contribution < 1.29 is 23.0 Å². The minimum absolute atomic E-state index is 0.0166. The molecule has 0 spiro atoms. The van der Waals surface area contributed by atoms with Crippen LogP contribution in [-0.4, -0.2) is 25.9 Å². The molecule has 1 aromatic carbocycles. The van der Waals surface area contributed by atoms with E-state index in [0.717, 1.165) is 5.56 Å². The van der Waals surface area contributed by atoms with E-state index < -0.39 is 12.7 Å². The van der Waals surface area contributed by atoms with Gasteiger partial charge in [0, 0.05) is 12.6 Å². The number of rotatable bonds is 7. The molecular weight excluding hydrogens is 258 g/mol. The number of ether oxygens (including phenoxy) is 2. The molecule has 106 valence electrons. The predicted octanol–water partition coefficient (Wildman–Crippen LogP) is 2.03. The first kappa shape index (κ1) is 15.2. The van der Waals surface area contributed by atoms with Crippen LogP contribution in [0.25, 0.3) is 0 Å². The molecule has 0 saturated heterocycles. The second-order valence-electron chi connectivity index (χ2n) is 3.79. The summed E-state index contributed by atoms with van der Waals surface area (Å²) in [7, 11) is 0. The van der Waals surface area contributed by atoms with Crippen molar-refractivity contribution in [3.8, 4) is 5.75 Å². The Bertz CT molecular complexity index is 398. The summed E-state index contributed by atoms with van der Waals surface area (Å²) in [5.74, 6) is 0.114. The average molecular weight is 274 g/mol. The van der Waals surface area contributed by atoms with Crippen molar-refractivity contribution in [2.24, 2.45) is 5.73 Å². The van der Waals surface area contributed by atoms with E-state index in [1.165, 1.54) is 12.1 Å². The number of amides is 1. The molecule has 0 aliphatic heterocycles. The number of halogens is 2.